The summed E-state index contributed by atoms with van der Waals surface area (Å²) in [6.45, 7) is 2.70. The highest BCUT2D eigenvalue weighted by atomic mass is 16.5. The van der Waals surface area contributed by atoms with Gasteiger partial charge < -0.3 is 24.8 Å². The number of benzene rings is 3. The van der Waals surface area contributed by atoms with E-state index in [2.05, 4.69) is 5.32 Å². The first-order chi connectivity index (χ1) is 19.1. The van der Waals surface area contributed by atoms with E-state index in [4.69, 9.17) is 9.47 Å². The number of hydrogen-bond acceptors (Lipinski definition) is 6. The zero-order valence-corrected chi connectivity index (χ0v) is 22.6. The molecule has 0 saturated carbocycles. The van der Waals surface area contributed by atoms with Crippen molar-refractivity contribution in [3.8, 4) is 11.1 Å². The second kappa shape index (κ2) is 12.0. The number of ether oxygens (including phenoxy) is 2. The minimum absolute atomic E-state index is 0.00961. The summed E-state index contributed by atoms with van der Waals surface area (Å²) in [5, 5.41) is 12.0. The van der Waals surface area contributed by atoms with Crippen LogP contribution in [0.25, 0.3) is 11.1 Å². The lowest BCUT2D eigenvalue weighted by Gasteiger charge is -2.34. The molecule has 0 unspecified atom stereocenters. The van der Waals surface area contributed by atoms with Gasteiger partial charge in [-0.05, 0) is 41.7 Å². The monoisotopic (exact) mass is 544 g/mol. The Labute approximate surface area is 232 Å². The predicted molar refractivity (Wildman–Crippen MR) is 147 cm³/mol. The number of carboxylic acid groups (broad SMARTS) is 1. The molecular weight excluding hydrogens is 512 g/mol. The fourth-order valence-corrected chi connectivity index (χ4v) is 4.60. The van der Waals surface area contributed by atoms with Gasteiger partial charge in [-0.15, -0.1) is 0 Å². The fraction of sp³-hybridized carbons (Fsp3) is 0.290. The molecule has 9 nitrogen and oxygen atoms in total. The largest absolute Gasteiger partial charge is 0.480 e. The molecular formula is C31H32N2O7. The summed E-state index contributed by atoms with van der Waals surface area (Å²) >= 11 is 0. The molecule has 2 amide bonds. The molecule has 0 spiro atoms. The average molecular weight is 545 g/mol. The first-order valence-corrected chi connectivity index (χ1v) is 12.9. The summed E-state index contributed by atoms with van der Waals surface area (Å²) in [5.41, 5.74) is 3.35. The van der Waals surface area contributed by atoms with Crippen molar-refractivity contribution in [2.24, 2.45) is 0 Å². The van der Waals surface area contributed by atoms with Crippen molar-refractivity contribution >= 4 is 23.9 Å². The van der Waals surface area contributed by atoms with Gasteiger partial charge in [0.2, 0.25) is 5.91 Å². The summed E-state index contributed by atoms with van der Waals surface area (Å²) in [5.74, 6) is -2.94. The van der Waals surface area contributed by atoms with Crippen LogP contribution in [-0.4, -0.2) is 59.2 Å². The first kappa shape index (κ1) is 28.4. The highest BCUT2D eigenvalue weighted by Gasteiger charge is 2.39. The van der Waals surface area contributed by atoms with Gasteiger partial charge in [0.25, 0.3) is 0 Å². The van der Waals surface area contributed by atoms with Crippen LogP contribution in [0.4, 0.5) is 4.79 Å². The number of likely N-dealkylation sites (N-methyl/N-ethyl adjacent to an activating group) is 1. The second-order valence-corrected chi connectivity index (χ2v) is 10.1. The average Bonchev–Trinajstić information content (AvgIpc) is 3.28. The molecule has 1 aliphatic carbocycles. The Bertz CT molecular complexity index is 1360. The quantitative estimate of drug-likeness (QED) is 0.364. The van der Waals surface area contributed by atoms with Gasteiger partial charge in [-0.3, -0.25) is 9.59 Å². The van der Waals surface area contributed by atoms with E-state index >= 15 is 0 Å². The molecule has 208 valence electrons. The standard InChI is InChI=1S/C31H32N2O7/c1-31(2,29(36)37)33(3)28(35)26(17-27(34)39-18-20-11-5-4-6-12-20)32-30(38)40-19-25-23-15-9-7-13-21(23)22-14-8-10-16-24(22)25/h4-16,25-26H,17-19H2,1-3H3,(H,32,38)(H,36,37)/t26-/m0/s1. The number of amides is 2. The van der Waals surface area contributed by atoms with Gasteiger partial charge in [0, 0.05) is 13.0 Å². The van der Waals surface area contributed by atoms with Crippen molar-refractivity contribution in [1.29, 1.82) is 0 Å². The Balaban J connectivity index is 1.46. The summed E-state index contributed by atoms with van der Waals surface area (Å²) in [6, 6.07) is 23.4. The van der Waals surface area contributed by atoms with Gasteiger partial charge in [0.05, 0.1) is 6.42 Å². The summed E-state index contributed by atoms with van der Waals surface area (Å²) in [6.07, 6.45) is -1.41. The molecule has 0 bridgehead atoms. The van der Waals surface area contributed by atoms with Crippen LogP contribution in [0.1, 0.15) is 42.9 Å². The molecule has 1 aliphatic rings. The van der Waals surface area contributed by atoms with E-state index in [0.29, 0.717) is 0 Å². The van der Waals surface area contributed by atoms with Crippen molar-refractivity contribution in [2.75, 3.05) is 13.7 Å². The lowest BCUT2D eigenvalue weighted by Crippen LogP contribution is -2.57. The molecule has 0 heterocycles. The van der Waals surface area contributed by atoms with Crippen molar-refractivity contribution in [3.05, 3.63) is 95.6 Å². The van der Waals surface area contributed by atoms with Crippen molar-refractivity contribution in [2.45, 2.75) is 44.4 Å². The summed E-state index contributed by atoms with van der Waals surface area (Å²) < 4.78 is 10.9. The van der Waals surface area contributed by atoms with Gasteiger partial charge in [0.15, 0.2) is 0 Å². The van der Waals surface area contributed by atoms with Crippen LogP contribution < -0.4 is 5.32 Å². The topological polar surface area (TPSA) is 122 Å². The number of fused-ring (bicyclic) bond motifs is 3. The van der Waals surface area contributed by atoms with Crippen LogP contribution in [-0.2, 0) is 30.5 Å². The van der Waals surface area contributed by atoms with Crippen LogP contribution in [0.2, 0.25) is 0 Å². The number of hydrogen-bond donors (Lipinski definition) is 2. The SMILES string of the molecule is CN(C(=O)[C@H](CC(=O)OCc1ccccc1)NC(=O)OCC1c2ccccc2-c2ccccc21)C(C)(C)C(=O)O. The van der Waals surface area contributed by atoms with E-state index in [0.717, 1.165) is 32.7 Å². The van der Waals surface area contributed by atoms with E-state index in [1.54, 1.807) is 24.3 Å². The first-order valence-electron chi connectivity index (χ1n) is 12.9. The Kier molecular flexibility index (Phi) is 8.52. The molecule has 0 aliphatic heterocycles. The molecule has 0 radical (unpaired) electrons. The third-order valence-corrected chi connectivity index (χ3v) is 7.24. The molecule has 1 atom stereocenters. The molecule has 0 aromatic heterocycles. The highest BCUT2D eigenvalue weighted by molar-refractivity contribution is 5.93. The number of esters is 1. The van der Waals surface area contributed by atoms with E-state index < -0.39 is 41.9 Å². The van der Waals surface area contributed by atoms with E-state index in [9.17, 15) is 24.3 Å². The maximum absolute atomic E-state index is 13.3. The molecule has 0 saturated heterocycles. The van der Waals surface area contributed by atoms with Crippen LogP contribution in [0, 0.1) is 0 Å². The van der Waals surface area contributed by atoms with E-state index in [1.165, 1.54) is 20.9 Å². The highest BCUT2D eigenvalue weighted by Crippen LogP contribution is 2.44. The van der Waals surface area contributed by atoms with Crippen molar-refractivity contribution in [1.82, 2.24) is 10.2 Å². The number of carbonyl (C=O) groups excluding carboxylic acids is 3. The molecule has 40 heavy (non-hydrogen) atoms. The zero-order valence-electron chi connectivity index (χ0n) is 22.6. The maximum atomic E-state index is 13.3. The lowest BCUT2D eigenvalue weighted by atomic mass is 9.98. The van der Waals surface area contributed by atoms with E-state index in [-0.39, 0.29) is 19.1 Å². The Morgan fingerprint density at radius 3 is 2.00 bits per heavy atom. The lowest BCUT2D eigenvalue weighted by molar-refractivity contribution is -0.157. The summed E-state index contributed by atoms with van der Waals surface area (Å²) in [4.78, 5) is 51.6. The fourth-order valence-electron chi connectivity index (χ4n) is 4.60. The Morgan fingerprint density at radius 1 is 0.875 bits per heavy atom. The third-order valence-electron chi connectivity index (χ3n) is 7.24. The predicted octanol–water partition coefficient (Wildman–Crippen LogP) is 4.35. The number of nitrogens with one attached hydrogen (secondary N) is 1. The minimum atomic E-state index is -1.59. The number of rotatable bonds is 10. The van der Waals surface area contributed by atoms with Gasteiger partial charge >= 0.3 is 18.0 Å². The Morgan fingerprint density at radius 2 is 1.43 bits per heavy atom. The van der Waals surface area contributed by atoms with Crippen LogP contribution in [0.5, 0.6) is 0 Å². The second-order valence-electron chi connectivity index (χ2n) is 10.1. The minimum Gasteiger partial charge on any atom is -0.480 e. The normalized spacial score (nSPS) is 13.0. The summed E-state index contributed by atoms with van der Waals surface area (Å²) in [7, 11) is 1.30. The third kappa shape index (κ3) is 6.14. The molecule has 3 aromatic rings. The van der Waals surface area contributed by atoms with Crippen LogP contribution in [0.3, 0.4) is 0 Å². The maximum Gasteiger partial charge on any atom is 0.407 e. The van der Waals surface area contributed by atoms with Crippen LogP contribution in [0.15, 0.2) is 78.9 Å². The van der Waals surface area contributed by atoms with Crippen molar-refractivity contribution in [3.63, 3.8) is 0 Å². The molecule has 9 heteroatoms. The number of nitrogens with zero attached hydrogens (tertiary/aromatic N) is 1. The number of alkyl carbamates (subject to hydrolysis) is 1. The van der Waals surface area contributed by atoms with Gasteiger partial charge in [-0.1, -0.05) is 78.9 Å². The van der Waals surface area contributed by atoms with Gasteiger partial charge in [0.1, 0.15) is 24.8 Å². The number of aliphatic carboxylic acids is 1. The molecule has 2 N–H and O–H groups in total. The zero-order chi connectivity index (χ0) is 28.9. The smallest absolute Gasteiger partial charge is 0.407 e. The van der Waals surface area contributed by atoms with Gasteiger partial charge in [-0.25, -0.2) is 9.59 Å². The van der Waals surface area contributed by atoms with Gasteiger partial charge in [-0.2, -0.15) is 0 Å². The van der Waals surface area contributed by atoms with E-state index in [1.807, 2.05) is 54.6 Å². The number of carbonyl (C=O) groups is 4. The molecule has 4 rings (SSSR count). The number of carboxylic acids is 1. The molecule has 3 aromatic carbocycles. The molecule has 0 fully saturated rings. The Hall–Kier alpha value is -4.66. The van der Waals surface area contributed by atoms with Crippen LogP contribution >= 0.6 is 0 Å². The van der Waals surface area contributed by atoms with Crippen molar-refractivity contribution < 1.29 is 33.8 Å².